The van der Waals surface area contributed by atoms with E-state index in [1.165, 1.54) is 12.3 Å². The Morgan fingerprint density at radius 1 is 1.21 bits per heavy atom. The third-order valence-corrected chi connectivity index (χ3v) is 5.05. The van der Waals surface area contributed by atoms with E-state index in [0.717, 1.165) is 12.8 Å². The average molecular weight is 399 g/mol. The highest BCUT2D eigenvalue weighted by Crippen LogP contribution is 2.26. The van der Waals surface area contributed by atoms with Crippen molar-refractivity contribution in [3.05, 3.63) is 53.0 Å². The summed E-state index contributed by atoms with van der Waals surface area (Å²) in [6.07, 6.45) is 3.36. The highest BCUT2D eigenvalue weighted by atomic mass is 19.1. The molecular formula is C22H26FN3O3. The van der Waals surface area contributed by atoms with Crippen LogP contribution in [-0.4, -0.2) is 42.1 Å². The lowest BCUT2D eigenvalue weighted by Gasteiger charge is -2.23. The molecule has 0 atom stereocenters. The number of methoxy groups -OCH3 is 1. The van der Waals surface area contributed by atoms with Crippen molar-refractivity contribution in [1.82, 2.24) is 15.6 Å². The molecule has 0 aliphatic heterocycles. The van der Waals surface area contributed by atoms with E-state index in [4.69, 9.17) is 4.74 Å². The maximum Gasteiger partial charge on any atom is 0.252 e. The molecule has 0 saturated heterocycles. The van der Waals surface area contributed by atoms with Gasteiger partial charge in [-0.05, 0) is 63.4 Å². The van der Waals surface area contributed by atoms with Gasteiger partial charge in [-0.3, -0.25) is 14.6 Å². The molecule has 1 saturated carbocycles. The van der Waals surface area contributed by atoms with E-state index in [-0.39, 0.29) is 23.4 Å². The van der Waals surface area contributed by atoms with Crippen molar-refractivity contribution >= 4 is 11.8 Å². The highest BCUT2D eigenvalue weighted by molar-refractivity contribution is 5.96. The van der Waals surface area contributed by atoms with Crippen LogP contribution in [0.3, 0.4) is 0 Å². The molecule has 2 N–H and O–H groups in total. The summed E-state index contributed by atoms with van der Waals surface area (Å²) < 4.78 is 19.7. The Morgan fingerprint density at radius 2 is 1.93 bits per heavy atom. The molecule has 1 aromatic carbocycles. The largest absolute Gasteiger partial charge is 0.377 e. The number of aromatic nitrogens is 1. The van der Waals surface area contributed by atoms with Crippen LogP contribution in [0.25, 0.3) is 11.3 Å². The van der Waals surface area contributed by atoms with E-state index in [9.17, 15) is 14.0 Å². The quantitative estimate of drug-likeness (QED) is 0.749. The number of nitrogens with one attached hydrogen (secondary N) is 2. The van der Waals surface area contributed by atoms with Gasteiger partial charge in [0.2, 0.25) is 0 Å². The van der Waals surface area contributed by atoms with Gasteiger partial charge in [-0.25, -0.2) is 4.39 Å². The zero-order valence-corrected chi connectivity index (χ0v) is 17.1. The third kappa shape index (κ3) is 5.17. The molecule has 154 valence electrons. The lowest BCUT2D eigenvalue weighted by molar-refractivity contribution is 0.0228. The number of benzene rings is 1. The SMILES string of the molecule is COC(C)(C)CNC(=O)c1ccc(-c2cc(C(=O)NC3CC3)cc(F)c2C)nc1. The maximum atomic E-state index is 14.4. The molecule has 0 spiro atoms. The van der Waals surface area contributed by atoms with Crippen molar-refractivity contribution in [2.45, 2.75) is 45.3 Å². The van der Waals surface area contributed by atoms with Crippen molar-refractivity contribution in [2.24, 2.45) is 0 Å². The van der Waals surface area contributed by atoms with Crippen LogP contribution >= 0.6 is 0 Å². The maximum absolute atomic E-state index is 14.4. The molecule has 1 fully saturated rings. The second-order valence-corrected chi connectivity index (χ2v) is 7.96. The monoisotopic (exact) mass is 399 g/mol. The number of carbonyl (C=O) groups excluding carboxylic acids is 2. The molecule has 1 heterocycles. The number of halogens is 1. The molecule has 1 aromatic heterocycles. The number of carbonyl (C=O) groups is 2. The second kappa shape index (κ2) is 8.29. The summed E-state index contributed by atoms with van der Waals surface area (Å²) in [5.74, 6) is -1.02. The number of nitrogens with zero attached hydrogens (tertiary/aromatic N) is 1. The van der Waals surface area contributed by atoms with Crippen LogP contribution in [0.4, 0.5) is 4.39 Å². The van der Waals surface area contributed by atoms with Crippen molar-refractivity contribution < 1.29 is 18.7 Å². The van der Waals surface area contributed by atoms with E-state index in [1.54, 1.807) is 32.2 Å². The van der Waals surface area contributed by atoms with Crippen LogP contribution < -0.4 is 10.6 Å². The standard InChI is InChI=1S/C22H26FN3O3/c1-13-17(9-15(10-18(13)23)21(28)26-16-6-7-16)19-8-5-14(11-24-19)20(27)25-12-22(2,3)29-4/h5,8-11,16H,6-7,12H2,1-4H3,(H,25,27)(H,26,28). The summed E-state index contributed by atoms with van der Waals surface area (Å²) in [6.45, 7) is 5.74. The Morgan fingerprint density at radius 3 is 2.52 bits per heavy atom. The predicted octanol–water partition coefficient (Wildman–Crippen LogP) is 3.24. The van der Waals surface area contributed by atoms with E-state index in [2.05, 4.69) is 15.6 Å². The van der Waals surface area contributed by atoms with Crippen LogP contribution in [0.2, 0.25) is 0 Å². The molecule has 6 nitrogen and oxygen atoms in total. The van der Waals surface area contributed by atoms with Crippen molar-refractivity contribution in [3.63, 3.8) is 0 Å². The first-order valence-electron chi connectivity index (χ1n) is 9.61. The Hall–Kier alpha value is -2.80. The van der Waals surface area contributed by atoms with Crippen LogP contribution in [-0.2, 0) is 4.74 Å². The lowest BCUT2D eigenvalue weighted by atomic mass is 10.00. The number of rotatable bonds is 7. The first kappa shape index (κ1) is 20.9. The molecule has 0 bridgehead atoms. The molecule has 3 rings (SSSR count). The predicted molar refractivity (Wildman–Crippen MR) is 108 cm³/mol. The minimum absolute atomic E-state index is 0.189. The van der Waals surface area contributed by atoms with Crippen molar-refractivity contribution in [2.75, 3.05) is 13.7 Å². The molecule has 2 aromatic rings. The second-order valence-electron chi connectivity index (χ2n) is 7.96. The van der Waals surface area contributed by atoms with Gasteiger partial charge in [0, 0.05) is 37.0 Å². The Kier molecular flexibility index (Phi) is 5.98. The molecular weight excluding hydrogens is 373 g/mol. The van der Waals surface area contributed by atoms with Gasteiger partial charge in [0.15, 0.2) is 0 Å². The van der Waals surface area contributed by atoms with E-state index in [1.807, 2.05) is 13.8 Å². The minimum atomic E-state index is -0.473. The third-order valence-electron chi connectivity index (χ3n) is 5.05. The van der Waals surface area contributed by atoms with Crippen LogP contribution in [0.5, 0.6) is 0 Å². The Bertz CT molecular complexity index is 922. The molecule has 2 amide bonds. The molecule has 0 unspecified atom stereocenters. The fourth-order valence-corrected chi connectivity index (χ4v) is 2.73. The number of pyridine rings is 1. The smallest absolute Gasteiger partial charge is 0.252 e. The molecule has 29 heavy (non-hydrogen) atoms. The lowest BCUT2D eigenvalue weighted by Crippen LogP contribution is -2.39. The van der Waals surface area contributed by atoms with E-state index >= 15 is 0 Å². The summed E-state index contributed by atoms with van der Waals surface area (Å²) in [6, 6.07) is 6.36. The minimum Gasteiger partial charge on any atom is -0.377 e. The zero-order chi connectivity index (χ0) is 21.2. The number of hydrogen-bond donors (Lipinski definition) is 2. The molecule has 1 aliphatic carbocycles. The number of ether oxygens (including phenoxy) is 1. The van der Waals surface area contributed by atoms with Gasteiger partial charge < -0.3 is 15.4 Å². The molecule has 7 heteroatoms. The van der Waals surface area contributed by atoms with Crippen LogP contribution in [0.15, 0.2) is 30.5 Å². The summed E-state index contributed by atoms with van der Waals surface area (Å²) >= 11 is 0. The topological polar surface area (TPSA) is 80.3 Å². The van der Waals surface area contributed by atoms with Gasteiger partial charge in [0.1, 0.15) is 5.82 Å². The number of hydrogen-bond acceptors (Lipinski definition) is 4. The van der Waals surface area contributed by atoms with Gasteiger partial charge in [0.25, 0.3) is 11.8 Å². The average Bonchev–Trinajstić information content (AvgIpc) is 3.52. The van der Waals surface area contributed by atoms with E-state index < -0.39 is 11.4 Å². The fourth-order valence-electron chi connectivity index (χ4n) is 2.73. The highest BCUT2D eigenvalue weighted by Gasteiger charge is 2.25. The first-order chi connectivity index (χ1) is 13.7. The van der Waals surface area contributed by atoms with Crippen molar-refractivity contribution in [3.8, 4) is 11.3 Å². The van der Waals surface area contributed by atoms with Gasteiger partial charge in [-0.1, -0.05) is 0 Å². The Balaban J connectivity index is 1.79. The van der Waals surface area contributed by atoms with Gasteiger partial charge >= 0.3 is 0 Å². The van der Waals surface area contributed by atoms with E-state index in [0.29, 0.717) is 28.9 Å². The summed E-state index contributed by atoms with van der Waals surface area (Å²) in [5.41, 5.74) is 1.61. The van der Waals surface area contributed by atoms with Gasteiger partial charge in [-0.15, -0.1) is 0 Å². The molecule has 1 aliphatic rings. The van der Waals surface area contributed by atoms with Gasteiger partial charge in [-0.2, -0.15) is 0 Å². The Labute approximate surface area is 169 Å². The summed E-state index contributed by atoms with van der Waals surface area (Å²) in [5, 5.41) is 5.66. The zero-order valence-electron chi connectivity index (χ0n) is 17.1. The normalized spacial score (nSPS) is 13.8. The summed E-state index contributed by atoms with van der Waals surface area (Å²) in [4.78, 5) is 28.9. The summed E-state index contributed by atoms with van der Waals surface area (Å²) in [7, 11) is 1.59. The van der Waals surface area contributed by atoms with Crippen molar-refractivity contribution in [1.29, 1.82) is 0 Å². The first-order valence-corrected chi connectivity index (χ1v) is 9.61. The number of amides is 2. The van der Waals surface area contributed by atoms with Crippen LogP contribution in [0, 0.1) is 12.7 Å². The van der Waals surface area contributed by atoms with Gasteiger partial charge in [0.05, 0.1) is 16.9 Å². The molecule has 0 radical (unpaired) electrons. The fraction of sp³-hybridized carbons (Fsp3) is 0.409. The van der Waals surface area contributed by atoms with Crippen LogP contribution in [0.1, 0.15) is 53.0 Å².